The molecule has 2 aromatic carbocycles. The topological polar surface area (TPSA) is 58.6 Å². The zero-order valence-electron chi connectivity index (χ0n) is 16.0. The SMILES string of the molecule is CCCCCCCCOc1ccccc1NC(=O)/C=C/c1ccc(O)cc1. The molecule has 0 bridgehead atoms. The molecule has 1 amide bonds. The predicted octanol–water partition coefficient (Wildman–Crippen LogP) is 5.78. The monoisotopic (exact) mass is 367 g/mol. The smallest absolute Gasteiger partial charge is 0.248 e. The van der Waals surface area contributed by atoms with Gasteiger partial charge in [-0.2, -0.15) is 0 Å². The van der Waals surface area contributed by atoms with Crippen molar-refractivity contribution >= 4 is 17.7 Å². The third-order valence-corrected chi connectivity index (χ3v) is 4.22. The van der Waals surface area contributed by atoms with Crippen LogP contribution in [-0.4, -0.2) is 17.6 Å². The van der Waals surface area contributed by atoms with Gasteiger partial charge in [-0.25, -0.2) is 0 Å². The molecule has 0 spiro atoms. The van der Waals surface area contributed by atoms with Gasteiger partial charge in [0.25, 0.3) is 0 Å². The molecule has 4 heteroatoms. The number of rotatable bonds is 11. The van der Waals surface area contributed by atoms with Crippen LogP contribution < -0.4 is 10.1 Å². The molecule has 0 saturated carbocycles. The molecule has 0 aliphatic heterocycles. The third-order valence-electron chi connectivity index (χ3n) is 4.22. The van der Waals surface area contributed by atoms with Crippen molar-refractivity contribution in [1.29, 1.82) is 0 Å². The van der Waals surface area contributed by atoms with Gasteiger partial charge in [0.1, 0.15) is 11.5 Å². The summed E-state index contributed by atoms with van der Waals surface area (Å²) in [5, 5.41) is 12.1. The van der Waals surface area contributed by atoms with E-state index in [1.807, 2.05) is 24.3 Å². The van der Waals surface area contributed by atoms with E-state index in [1.165, 1.54) is 38.2 Å². The van der Waals surface area contributed by atoms with Crippen LogP contribution in [0, 0.1) is 0 Å². The van der Waals surface area contributed by atoms with Gasteiger partial charge in [0.15, 0.2) is 0 Å². The number of hydrogen-bond donors (Lipinski definition) is 2. The third kappa shape index (κ3) is 7.99. The molecule has 0 fully saturated rings. The molecule has 27 heavy (non-hydrogen) atoms. The van der Waals surface area contributed by atoms with Crippen LogP contribution >= 0.6 is 0 Å². The number of anilines is 1. The van der Waals surface area contributed by atoms with Crippen LogP contribution in [0.3, 0.4) is 0 Å². The van der Waals surface area contributed by atoms with E-state index in [2.05, 4.69) is 12.2 Å². The maximum atomic E-state index is 12.2. The van der Waals surface area contributed by atoms with Crippen molar-refractivity contribution in [3.05, 3.63) is 60.2 Å². The first kappa shape index (κ1) is 20.6. The average molecular weight is 367 g/mol. The molecule has 0 saturated heterocycles. The van der Waals surface area contributed by atoms with Gasteiger partial charge in [-0.1, -0.05) is 63.3 Å². The van der Waals surface area contributed by atoms with Crippen molar-refractivity contribution < 1.29 is 14.6 Å². The largest absolute Gasteiger partial charge is 0.508 e. The summed E-state index contributed by atoms with van der Waals surface area (Å²) < 4.78 is 5.85. The number of aromatic hydroxyl groups is 1. The Balaban J connectivity index is 1.81. The summed E-state index contributed by atoms with van der Waals surface area (Å²) in [5.74, 6) is 0.671. The Hall–Kier alpha value is -2.75. The molecule has 2 rings (SSSR count). The second-order valence-corrected chi connectivity index (χ2v) is 6.53. The van der Waals surface area contributed by atoms with Crippen molar-refractivity contribution in [3.8, 4) is 11.5 Å². The van der Waals surface area contributed by atoms with E-state index >= 15 is 0 Å². The Labute approximate surface area is 161 Å². The first-order valence-electron chi connectivity index (χ1n) is 9.69. The van der Waals surface area contributed by atoms with Gasteiger partial charge in [0.2, 0.25) is 5.91 Å². The van der Waals surface area contributed by atoms with Crippen LogP contribution in [0.2, 0.25) is 0 Å². The van der Waals surface area contributed by atoms with Gasteiger partial charge in [0, 0.05) is 6.08 Å². The highest BCUT2D eigenvalue weighted by atomic mass is 16.5. The molecule has 0 heterocycles. The fourth-order valence-electron chi connectivity index (χ4n) is 2.69. The van der Waals surface area contributed by atoms with Gasteiger partial charge >= 0.3 is 0 Å². The Bertz CT molecular complexity index is 723. The normalized spacial score (nSPS) is 10.9. The van der Waals surface area contributed by atoms with Gasteiger partial charge in [-0.05, 0) is 42.3 Å². The predicted molar refractivity (Wildman–Crippen MR) is 111 cm³/mol. The molecule has 0 aliphatic rings. The zero-order chi connectivity index (χ0) is 19.3. The number of nitrogens with one attached hydrogen (secondary N) is 1. The molecular formula is C23H29NO3. The van der Waals surface area contributed by atoms with E-state index in [9.17, 15) is 9.90 Å². The Morgan fingerprint density at radius 2 is 1.70 bits per heavy atom. The number of amides is 1. The number of benzene rings is 2. The fourth-order valence-corrected chi connectivity index (χ4v) is 2.69. The molecule has 0 aliphatic carbocycles. The van der Waals surface area contributed by atoms with Crippen LogP contribution in [0.15, 0.2) is 54.6 Å². The molecule has 2 aromatic rings. The van der Waals surface area contributed by atoms with E-state index in [4.69, 9.17) is 4.74 Å². The van der Waals surface area contributed by atoms with Crippen LogP contribution in [0.4, 0.5) is 5.69 Å². The molecule has 0 radical (unpaired) electrons. The highest BCUT2D eigenvalue weighted by Gasteiger charge is 2.05. The lowest BCUT2D eigenvalue weighted by molar-refractivity contribution is -0.111. The van der Waals surface area contributed by atoms with Crippen molar-refractivity contribution in [3.63, 3.8) is 0 Å². The highest BCUT2D eigenvalue weighted by Crippen LogP contribution is 2.24. The van der Waals surface area contributed by atoms with Crippen LogP contribution in [0.5, 0.6) is 11.5 Å². The number of hydrogen-bond acceptors (Lipinski definition) is 3. The number of carbonyl (C=O) groups excluding carboxylic acids is 1. The average Bonchev–Trinajstić information content (AvgIpc) is 2.68. The van der Waals surface area contributed by atoms with Crippen molar-refractivity contribution in [2.45, 2.75) is 45.4 Å². The number of para-hydroxylation sites is 2. The van der Waals surface area contributed by atoms with Crippen LogP contribution in [-0.2, 0) is 4.79 Å². The van der Waals surface area contributed by atoms with E-state index in [1.54, 1.807) is 30.3 Å². The molecular weight excluding hydrogens is 338 g/mol. The Morgan fingerprint density at radius 3 is 2.48 bits per heavy atom. The number of unbranched alkanes of at least 4 members (excludes halogenated alkanes) is 5. The van der Waals surface area contributed by atoms with E-state index in [0.29, 0.717) is 18.0 Å². The van der Waals surface area contributed by atoms with Gasteiger partial charge < -0.3 is 15.2 Å². The summed E-state index contributed by atoms with van der Waals surface area (Å²) in [7, 11) is 0. The minimum absolute atomic E-state index is 0.202. The maximum absolute atomic E-state index is 12.2. The summed E-state index contributed by atoms with van der Waals surface area (Å²) in [6, 6.07) is 14.1. The second kappa shape index (κ2) is 11.8. The molecule has 4 nitrogen and oxygen atoms in total. The van der Waals surface area contributed by atoms with Crippen molar-refractivity contribution in [2.24, 2.45) is 0 Å². The molecule has 2 N–H and O–H groups in total. The van der Waals surface area contributed by atoms with E-state index in [-0.39, 0.29) is 11.7 Å². The van der Waals surface area contributed by atoms with E-state index < -0.39 is 0 Å². The van der Waals surface area contributed by atoms with Crippen molar-refractivity contribution in [2.75, 3.05) is 11.9 Å². The first-order chi connectivity index (χ1) is 13.2. The van der Waals surface area contributed by atoms with Crippen molar-refractivity contribution in [1.82, 2.24) is 0 Å². The van der Waals surface area contributed by atoms with Gasteiger partial charge in [-0.3, -0.25) is 4.79 Å². The molecule has 0 unspecified atom stereocenters. The summed E-state index contributed by atoms with van der Waals surface area (Å²) in [5.41, 5.74) is 1.51. The lowest BCUT2D eigenvalue weighted by Crippen LogP contribution is -2.09. The highest BCUT2D eigenvalue weighted by molar-refractivity contribution is 6.02. The first-order valence-corrected chi connectivity index (χ1v) is 9.69. The number of ether oxygens (including phenoxy) is 1. The fraction of sp³-hybridized carbons (Fsp3) is 0.348. The maximum Gasteiger partial charge on any atom is 0.248 e. The summed E-state index contributed by atoms with van der Waals surface area (Å²) >= 11 is 0. The minimum Gasteiger partial charge on any atom is -0.508 e. The van der Waals surface area contributed by atoms with E-state index in [0.717, 1.165) is 12.0 Å². The second-order valence-electron chi connectivity index (χ2n) is 6.53. The standard InChI is InChI=1S/C23H29NO3/c1-2-3-4-5-6-9-18-27-22-11-8-7-10-21(22)24-23(26)17-14-19-12-15-20(25)16-13-19/h7-8,10-17,25H,2-6,9,18H2,1H3,(H,24,26)/b17-14+. The summed E-state index contributed by atoms with van der Waals surface area (Å²) in [6.07, 6.45) is 10.5. The molecule has 0 atom stereocenters. The summed E-state index contributed by atoms with van der Waals surface area (Å²) in [4.78, 5) is 12.2. The quantitative estimate of drug-likeness (QED) is 0.391. The number of phenolic OH excluding ortho intramolecular Hbond substituents is 1. The minimum atomic E-state index is -0.223. The summed E-state index contributed by atoms with van der Waals surface area (Å²) in [6.45, 7) is 2.87. The lowest BCUT2D eigenvalue weighted by atomic mass is 10.1. The zero-order valence-corrected chi connectivity index (χ0v) is 16.0. The van der Waals surface area contributed by atoms with Gasteiger partial charge in [0.05, 0.1) is 12.3 Å². The Kier molecular flexibility index (Phi) is 8.98. The Morgan fingerprint density at radius 1 is 1.00 bits per heavy atom. The molecule has 0 aromatic heterocycles. The van der Waals surface area contributed by atoms with Gasteiger partial charge in [-0.15, -0.1) is 0 Å². The van der Waals surface area contributed by atoms with Crippen LogP contribution in [0.1, 0.15) is 51.0 Å². The molecule has 144 valence electrons. The number of carbonyl (C=O) groups is 1. The number of phenols is 1. The lowest BCUT2D eigenvalue weighted by Gasteiger charge is -2.11. The van der Waals surface area contributed by atoms with Crippen LogP contribution in [0.25, 0.3) is 6.08 Å².